The Bertz CT molecular complexity index is 411. The summed E-state index contributed by atoms with van der Waals surface area (Å²) >= 11 is 0. The molecular formula is C13H22N4O2. The number of carbonyl (C=O) groups is 1. The smallest absolute Gasteiger partial charge is 0.222 e. The highest BCUT2D eigenvalue weighted by Crippen LogP contribution is 2.10. The molecule has 1 fully saturated rings. The molecule has 0 unspecified atom stereocenters. The third-order valence-corrected chi connectivity index (χ3v) is 3.38. The van der Waals surface area contributed by atoms with Crippen LogP contribution in [0.3, 0.4) is 0 Å². The van der Waals surface area contributed by atoms with Crippen molar-refractivity contribution in [1.82, 2.24) is 15.0 Å². The number of piperazine rings is 1. The van der Waals surface area contributed by atoms with Crippen LogP contribution in [-0.2, 0) is 11.3 Å². The number of nitrogens with two attached hydrogens (primary N) is 1. The van der Waals surface area contributed by atoms with Crippen LogP contribution in [0, 0.1) is 6.92 Å². The normalized spacial score (nSPS) is 16.8. The van der Waals surface area contributed by atoms with Gasteiger partial charge in [-0.1, -0.05) is 5.16 Å². The Morgan fingerprint density at radius 1 is 1.42 bits per heavy atom. The van der Waals surface area contributed by atoms with E-state index in [-0.39, 0.29) is 5.91 Å². The van der Waals surface area contributed by atoms with E-state index in [1.807, 2.05) is 17.9 Å². The highest BCUT2D eigenvalue weighted by Gasteiger charge is 2.21. The van der Waals surface area contributed by atoms with Crippen LogP contribution in [0.5, 0.6) is 0 Å². The summed E-state index contributed by atoms with van der Waals surface area (Å²) in [7, 11) is 0. The van der Waals surface area contributed by atoms with Gasteiger partial charge in [0.15, 0.2) is 5.76 Å². The molecule has 0 radical (unpaired) electrons. The minimum atomic E-state index is 0.223. The Hall–Kier alpha value is -1.40. The minimum Gasteiger partial charge on any atom is -0.360 e. The molecule has 0 aliphatic carbocycles. The summed E-state index contributed by atoms with van der Waals surface area (Å²) < 4.78 is 5.21. The van der Waals surface area contributed by atoms with E-state index in [0.29, 0.717) is 13.0 Å². The number of hydrogen-bond donors (Lipinski definition) is 1. The van der Waals surface area contributed by atoms with Gasteiger partial charge < -0.3 is 15.2 Å². The average Bonchev–Trinajstić information content (AvgIpc) is 2.82. The van der Waals surface area contributed by atoms with Crippen molar-refractivity contribution < 1.29 is 9.32 Å². The molecule has 6 nitrogen and oxygen atoms in total. The summed E-state index contributed by atoms with van der Waals surface area (Å²) in [5, 5.41) is 3.88. The fourth-order valence-electron chi connectivity index (χ4n) is 2.28. The molecule has 0 saturated carbocycles. The van der Waals surface area contributed by atoms with E-state index >= 15 is 0 Å². The summed E-state index contributed by atoms with van der Waals surface area (Å²) in [6.45, 7) is 6.61. The van der Waals surface area contributed by atoms with Crippen LogP contribution in [0.25, 0.3) is 0 Å². The Morgan fingerprint density at radius 2 is 2.16 bits per heavy atom. The van der Waals surface area contributed by atoms with Crippen molar-refractivity contribution in [2.45, 2.75) is 26.3 Å². The predicted molar refractivity (Wildman–Crippen MR) is 71.4 cm³/mol. The monoisotopic (exact) mass is 266 g/mol. The van der Waals surface area contributed by atoms with Crippen LogP contribution < -0.4 is 5.73 Å². The van der Waals surface area contributed by atoms with Gasteiger partial charge in [-0.15, -0.1) is 0 Å². The van der Waals surface area contributed by atoms with Gasteiger partial charge in [-0.2, -0.15) is 0 Å². The van der Waals surface area contributed by atoms with E-state index in [2.05, 4.69) is 10.1 Å². The molecule has 1 aliphatic heterocycles. The molecule has 2 heterocycles. The molecule has 2 N–H and O–H groups in total. The number of nitrogens with zero attached hydrogens (tertiary/aromatic N) is 3. The molecule has 1 aromatic heterocycles. The van der Waals surface area contributed by atoms with E-state index in [4.69, 9.17) is 10.3 Å². The number of amides is 1. The van der Waals surface area contributed by atoms with Crippen LogP contribution in [-0.4, -0.2) is 53.6 Å². The van der Waals surface area contributed by atoms with Gasteiger partial charge in [0.1, 0.15) is 0 Å². The fraction of sp³-hybridized carbons (Fsp3) is 0.692. The number of aromatic nitrogens is 1. The van der Waals surface area contributed by atoms with E-state index in [1.165, 1.54) is 0 Å². The van der Waals surface area contributed by atoms with Gasteiger partial charge >= 0.3 is 0 Å². The lowest BCUT2D eigenvalue weighted by Crippen LogP contribution is -2.48. The van der Waals surface area contributed by atoms with Gasteiger partial charge in [-0.25, -0.2) is 0 Å². The maximum atomic E-state index is 11.8. The van der Waals surface area contributed by atoms with Crippen LogP contribution in [0.1, 0.15) is 24.3 Å². The molecule has 1 aliphatic rings. The highest BCUT2D eigenvalue weighted by atomic mass is 16.5. The largest absolute Gasteiger partial charge is 0.360 e. The van der Waals surface area contributed by atoms with Gasteiger partial charge in [0.2, 0.25) is 5.91 Å². The number of carbonyl (C=O) groups excluding carboxylic acids is 1. The third kappa shape index (κ3) is 4.04. The SMILES string of the molecule is Cc1cc(CN2CCN(C(=O)CCCN)CC2)on1. The first-order chi connectivity index (χ1) is 9.19. The lowest BCUT2D eigenvalue weighted by atomic mass is 10.2. The molecule has 1 aromatic rings. The fourth-order valence-corrected chi connectivity index (χ4v) is 2.28. The quantitative estimate of drug-likeness (QED) is 0.833. The molecule has 0 bridgehead atoms. The average molecular weight is 266 g/mol. The summed E-state index contributed by atoms with van der Waals surface area (Å²) in [6.07, 6.45) is 1.34. The van der Waals surface area contributed by atoms with E-state index in [0.717, 1.165) is 50.6 Å². The standard InChI is InChI=1S/C13H22N4O2/c1-11-9-12(19-15-11)10-16-5-7-17(8-6-16)13(18)3-2-4-14/h9H,2-8,10,14H2,1H3. The maximum Gasteiger partial charge on any atom is 0.222 e. The molecular weight excluding hydrogens is 244 g/mol. The first-order valence-corrected chi connectivity index (χ1v) is 6.81. The van der Waals surface area contributed by atoms with Gasteiger partial charge in [0.25, 0.3) is 0 Å². The van der Waals surface area contributed by atoms with Crippen LogP contribution in [0.15, 0.2) is 10.6 Å². The first kappa shape index (κ1) is 14.0. The van der Waals surface area contributed by atoms with Crippen LogP contribution in [0.4, 0.5) is 0 Å². The molecule has 1 amide bonds. The van der Waals surface area contributed by atoms with Crippen molar-refractivity contribution in [3.8, 4) is 0 Å². The Morgan fingerprint density at radius 3 is 2.74 bits per heavy atom. The second kappa shape index (κ2) is 6.68. The van der Waals surface area contributed by atoms with Crippen LogP contribution in [0.2, 0.25) is 0 Å². The molecule has 19 heavy (non-hydrogen) atoms. The maximum absolute atomic E-state index is 11.8. The molecule has 6 heteroatoms. The topological polar surface area (TPSA) is 75.6 Å². The zero-order valence-electron chi connectivity index (χ0n) is 11.5. The highest BCUT2D eigenvalue weighted by molar-refractivity contribution is 5.76. The lowest BCUT2D eigenvalue weighted by Gasteiger charge is -2.34. The van der Waals surface area contributed by atoms with Gasteiger partial charge in [0.05, 0.1) is 12.2 Å². The van der Waals surface area contributed by atoms with Gasteiger partial charge in [0, 0.05) is 38.7 Å². The van der Waals surface area contributed by atoms with Gasteiger partial charge in [-0.05, 0) is 19.9 Å². The van der Waals surface area contributed by atoms with Crippen molar-refractivity contribution in [3.05, 3.63) is 17.5 Å². The second-order valence-corrected chi connectivity index (χ2v) is 4.98. The first-order valence-electron chi connectivity index (χ1n) is 6.81. The Labute approximate surface area is 113 Å². The number of rotatable bonds is 5. The van der Waals surface area contributed by atoms with Crippen LogP contribution >= 0.6 is 0 Å². The summed E-state index contributed by atoms with van der Waals surface area (Å²) in [6, 6.07) is 1.96. The van der Waals surface area contributed by atoms with Crippen molar-refractivity contribution in [2.24, 2.45) is 5.73 Å². The van der Waals surface area contributed by atoms with Gasteiger partial charge in [-0.3, -0.25) is 9.69 Å². The third-order valence-electron chi connectivity index (χ3n) is 3.38. The number of aryl methyl sites for hydroxylation is 1. The van der Waals surface area contributed by atoms with E-state index < -0.39 is 0 Å². The summed E-state index contributed by atoms with van der Waals surface area (Å²) in [4.78, 5) is 16.1. The minimum absolute atomic E-state index is 0.223. The Kier molecular flexibility index (Phi) is 4.93. The van der Waals surface area contributed by atoms with Crippen molar-refractivity contribution in [3.63, 3.8) is 0 Å². The second-order valence-electron chi connectivity index (χ2n) is 4.98. The van der Waals surface area contributed by atoms with Crippen molar-refractivity contribution >= 4 is 5.91 Å². The molecule has 1 saturated heterocycles. The summed E-state index contributed by atoms with van der Waals surface area (Å²) in [5.74, 6) is 1.11. The van der Waals surface area contributed by atoms with E-state index in [9.17, 15) is 4.79 Å². The summed E-state index contributed by atoms with van der Waals surface area (Å²) in [5.41, 5.74) is 6.33. The van der Waals surface area contributed by atoms with E-state index in [1.54, 1.807) is 0 Å². The zero-order chi connectivity index (χ0) is 13.7. The van der Waals surface area contributed by atoms with Crippen molar-refractivity contribution in [2.75, 3.05) is 32.7 Å². The zero-order valence-corrected chi connectivity index (χ0v) is 11.5. The molecule has 0 atom stereocenters. The lowest BCUT2D eigenvalue weighted by molar-refractivity contribution is -0.133. The molecule has 106 valence electrons. The number of hydrogen-bond acceptors (Lipinski definition) is 5. The van der Waals surface area contributed by atoms with Crippen molar-refractivity contribution in [1.29, 1.82) is 0 Å². The molecule has 2 rings (SSSR count). The predicted octanol–water partition coefficient (Wildman–Crippen LogP) is 0.366. The molecule has 0 spiro atoms. The molecule has 0 aromatic carbocycles. The Balaban J connectivity index is 1.74.